The lowest BCUT2D eigenvalue weighted by atomic mass is 10.1. The monoisotopic (exact) mass is 545 g/mol. The third-order valence-corrected chi connectivity index (χ3v) is 7.03. The molecular formula is C29H27N3O6S. The van der Waals surface area contributed by atoms with E-state index in [0.29, 0.717) is 39.6 Å². The highest BCUT2D eigenvalue weighted by Gasteiger charge is 2.18. The Morgan fingerprint density at radius 2 is 1.64 bits per heavy atom. The topological polar surface area (TPSA) is 105 Å². The Bertz CT molecular complexity index is 1630. The van der Waals surface area contributed by atoms with E-state index in [2.05, 4.69) is 15.5 Å². The number of aryl methyl sites for hydroxylation is 2. The zero-order chi connectivity index (χ0) is 27.5. The molecule has 10 heteroatoms. The average Bonchev–Trinajstić information content (AvgIpc) is 3.58. The maximum absolute atomic E-state index is 12.6. The first-order chi connectivity index (χ1) is 18.9. The summed E-state index contributed by atoms with van der Waals surface area (Å²) in [7, 11) is 4.67. The predicted octanol–water partition coefficient (Wildman–Crippen LogP) is 6.28. The highest BCUT2D eigenvalue weighted by Crippen LogP contribution is 2.41. The van der Waals surface area contributed by atoms with Gasteiger partial charge in [0, 0.05) is 17.2 Å². The molecule has 200 valence electrons. The third kappa shape index (κ3) is 5.51. The Hall–Kier alpha value is -4.57. The molecule has 5 aromatic rings. The van der Waals surface area contributed by atoms with E-state index in [0.717, 1.165) is 32.5 Å². The van der Waals surface area contributed by atoms with Gasteiger partial charge in [-0.2, -0.15) is 0 Å². The summed E-state index contributed by atoms with van der Waals surface area (Å²) in [5.41, 5.74) is 4.96. The van der Waals surface area contributed by atoms with Crippen molar-refractivity contribution in [2.45, 2.75) is 13.8 Å². The molecule has 0 unspecified atom stereocenters. The molecule has 2 heterocycles. The summed E-state index contributed by atoms with van der Waals surface area (Å²) < 4.78 is 28.8. The van der Waals surface area contributed by atoms with Crippen LogP contribution in [0.4, 0.5) is 5.13 Å². The number of aromatic nitrogens is 2. The van der Waals surface area contributed by atoms with Crippen LogP contribution in [0.1, 0.15) is 11.1 Å². The number of hydrogen-bond donors (Lipinski definition) is 1. The Balaban J connectivity index is 1.31. The lowest BCUT2D eigenvalue weighted by molar-refractivity contribution is -0.118. The third-order valence-electron chi connectivity index (χ3n) is 6.09. The summed E-state index contributed by atoms with van der Waals surface area (Å²) in [5.74, 6) is 2.34. The van der Waals surface area contributed by atoms with Crippen LogP contribution in [-0.4, -0.2) is 44.0 Å². The number of carbonyl (C=O) groups is 1. The zero-order valence-corrected chi connectivity index (χ0v) is 23.0. The number of benzene rings is 3. The number of nitrogens with zero attached hydrogens (tertiary/aromatic N) is 2. The highest BCUT2D eigenvalue weighted by molar-refractivity contribution is 7.22. The molecule has 0 radical (unpaired) electrons. The summed E-state index contributed by atoms with van der Waals surface area (Å²) in [5, 5.41) is 7.59. The van der Waals surface area contributed by atoms with Gasteiger partial charge in [0.2, 0.25) is 5.75 Å². The van der Waals surface area contributed by atoms with Gasteiger partial charge >= 0.3 is 0 Å². The molecule has 0 aliphatic heterocycles. The van der Waals surface area contributed by atoms with Crippen molar-refractivity contribution in [3.05, 3.63) is 65.7 Å². The van der Waals surface area contributed by atoms with Crippen LogP contribution in [0.25, 0.3) is 32.8 Å². The Morgan fingerprint density at radius 3 is 2.36 bits per heavy atom. The van der Waals surface area contributed by atoms with Crippen LogP contribution < -0.4 is 24.3 Å². The van der Waals surface area contributed by atoms with Gasteiger partial charge in [0.15, 0.2) is 29.0 Å². The van der Waals surface area contributed by atoms with Crippen molar-refractivity contribution >= 4 is 32.6 Å². The number of methoxy groups -OCH3 is 3. The van der Waals surface area contributed by atoms with E-state index in [-0.39, 0.29) is 12.5 Å². The fraction of sp³-hybridized carbons (Fsp3) is 0.207. The summed E-state index contributed by atoms with van der Waals surface area (Å²) in [4.78, 5) is 17.0. The second-order valence-electron chi connectivity index (χ2n) is 8.80. The van der Waals surface area contributed by atoms with Crippen molar-refractivity contribution in [1.82, 2.24) is 10.1 Å². The molecular weight excluding hydrogens is 518 g/mol. The largest absolute Gasteiger partial charge is 0.493 e. The van der Waals surface area contributed by atoms with Crippen LogP contribution in [0, 0.1) is 13.8 Å². The van der Waals surface area contributed by atoms with Crippen molar-refractivity contribution in [2.24, 2.45) is 0 Å². The fourth-order valence-corrected chi connectivity index (χ4v) is 5.05. The number of amides is 1. The van der Waals surface area contributed by atoms with Gasteiger partial charge in [-0.1, -0.05) is 34.7 Å². The molecule has 39 heavy (non-hydrogen) atoms. The molecule has 0 saturated heterocycles. The molecule has 2 aromatic heterocycles. The predicted molar refractivity (Wildman–Crippen MR) is 150 cm³/mol. The fourth-order valence-electron chi connectivity index (χ4n) is 4.07. The Kier molecular flexibility index (Phi) is 7.38. The van der Waals surface area contributed by atoms with Gasteiger partial charge in [-0.3, -0.25) is 10.1 Å². The maximum Gasteiger partial charge on any atom is 0.264 e. The van der Waals surface area contributed by atoms with Crippen molar-refractivity contribution in [1.29, 1.82) is 0 Å². The van der Waals surface area contributed by atoms with Gasteiger partial charge in [0.25, 0.3) is 5.91 Å². The molecule has 0 bridgehead atoms. The molecule has 0 aliphatic carbocycles. The number of hydrogen-bond acceptors (Lipinski definition) is 9. The van der Waals surface area contributed by atoms with Crippen LogP contribution in [0.2, 0.25) is 0 Å². The quantitative estimate of drug-likeness (QED) is 0.231. The van der Waals surface area contributed by atoms with Gasteiger partial charge in [-0.25, -0.2) is 4.98 Å². The SMILES string of the molecule is COc1cc(-c2cc(-c3ccc(C)c(OCC(=O)Nc4nc5ccc(C)cc5s4)c3)on2)cc(OC)c1OC. The van der Waals surface area contributed by atoms with Gasteiger partial charge in [-0.05, 0) is 55.3 Å². The van der Waals surface area contributed by atoms with E-state index in [4.69, 9.17) is 23.5 Å². The van der Waals surface area contributed by atoms with E-state index in [1.807, 2.05) is 56.3 Å². The lowest BCUT2D eigenvalue weighted by Crippen LogP contribution is -2.20. The van der Waals surface area contributed by atoms with Crippen LogP contribution in [-0.2, 0) is 4.79 Å². The number of carbonyl (C=O) groups excluding carboxylic acids is 1. The Morgan fingerprint density at radius 1 is 0.897 bits per heavy atom. The van der Waals surface area contributed by atoms with E-state index in [1.54, 1.807) is 33.5 Å². The van der Waals surface area contributed by atoms with E-state index >= 15 is 0 Å². The zero-order valence-electron chi connectivity index (χ0n) is 22.2. The summed E-state index contributed by atoms with van der Waals surface area (Å²) >= 11 is 1.43. The highest BCUT2D eigenvalue weighted by atomic mass is 32.1. The summed E-state index contributed by atoms with van der Waals surface area (Å²) in [6.45, 7) is 3.77. The van der Waals surface area contributed by atoms with Crippen LogP contribution >= 0.6 is 11.3 Å². The molecule has 5 rings (SSSR count). The van der Waals surface area contributed by atoms with E-state index in [9.17, 15) is 4.79 Å². The number of ether oxygens (including phenoxy) is 4. The maximum atomic E-state index is 12.6. The number of anilines is 1. The Labute approximate surface area is 229 Å². The molecule has 1 amide bonds. The normalized spacial score (nSPS) is 10.9. The van der Waals surface area contributed by atoms with Crippen LogP contribution in [0.3, 0.4) is 0 Å². The van der Waals surface area contributed by atoms with E-state index in [1.165, 1.54) is 11.3 Å². The van der Waals surface area contributed by atoms with Crippen molar-refractivity contribution < 1.29 is 28.3 Å². The molecule has 0 fully saturated rings. The minimum Gasteiger partial charge on any atom is -0.493 e. The molecule has 0 atom stereocenters. The molecule has 9 nitrogen and oxygen atoms in total. The number of nitrogens with one attached hydrogen (secondary N) is 1. The van der Waals surface area contributed by atoms with Gasteiger partial charge in [-0.15, -0.1) is 0 Å². The first-order valence-electron chi connectivity index (χ1n) is 12.1. The lowest BCUT2D eigenvalue weighted by Gasteiger charge is -2.13. The number of fused-ring (bicyclic) bond motifs is 1. The molecule has 0 aliphatic rings. The van der Waals surface area contributed by atoms with Gasteiger partial charge < -0.3 is 23.5 Å². The standard InChI is InChI=1S/C29H27N3O6S/c1-16-6-9-20-26(10-16)39-29(30-20)31-27(33)15-37-22-11-18(8-7-17(22)2)23-14-21(32-38-23)19-12-24(34-3)28(36-5)25(13-19)35-4/h6-14H,15H2,1-5H3,(H,30,31,33). The van der Waals surface area contributed by atoms with Gasteiger partial charge in [0.1, 0.15) is 11.4 Å². The van der Waals surface area contributed by atoms with Gasteiger partial charge in [0.05, 0.1) is 31.5 Å². The second kappa shape index (κ2) is 11.0. The first kappa shape index (κ1) is 26.1. The summed E-state index contributed by atoms with van der Waals surface area (Å²) in [6.07, 6.45) is 0. The second-order valence-corrected chi connectivity index (χ2v) is 9.83. The van der Waals surface area contributed by atoms with E-state index < -0.39 is 0 Å². The van der Waals surface area contributed by atoms with Crippen LogP contribution in [0.5, 0.6) is 23.0 Å². The summed E-state index contributed by atoms with van der Waals surface area (Å²) in [6, 6.07) is 17.0. The molecule has 0 spiro atoms. The van der Waals surface area contributed by atoms with Crippen molar-refractivity contribution in [3.8, 4) is 45.6 Å². The number of rotatable bonds is 9. The van der Waals surface area contributed by atoms with Crippen molar-refractivity contribution in [2.75, 3.05) is 33.3 Å². The number of thiazole rings is 1. The van der Waals surface area contributed by atoms with Crippen molar-refractivity contribution in [3.63, 3.8) is 0 Å². The van der Waals surface area contributed by atoms with Crippen LogP contribution in [0.15, 0.2) is 59.1 Å². The minimum atomic E-state index is -0.292. The average molecular weight is 546 g/mol. The first-order valence-corrected chi connectivity index (χ1v) is 12.9. The minimum absolute atomic E-state index is 0.160. The molecule has 0 saturated carbocycles. The molecule has 1 N–H and O–H groups in total. The molecule has 3 aromatic carbocycles. The smallest absolute Gasteiger partial charge is 0.264 e.